The van der Waals surface area contributed by atoms with Crippen molar-refractivity contribution in [2.45, 2.75) is 20.0 Å². The molecule has 0 aliphatic rings. The van der Waals surface area contributed by atoms with E-state index < -0.39 is 0 Å². The Morgan fingerprint density at radius 3 is 2.30 bits per heavy atom. The van der Waals surface area contributed by atoms with Crippen LogP contribution < -0.4 is 20.7 Å². The molecule has 0 aliphatic carbocycles. The van der Waals surface area contributed by atoms with Crippen molar-refractivity contribution in [2.75, 3.05) is 20.2 Å². The van der Waals surface area contributed by atoms with Gasteiger partial charge in [-0.15, -0.1) is 24.0 Å². The van der Waals surface area contributed by atoms with Crippen LogP contribution in [0.1, 0.15) is 18.1 Å². The van der Waals surface area contributed by atoms with Gasteiger partial charge in [-0.2, -0.15) is 0 Å². The molecular formula is C20H27IN4O2. The number of guanidine groups is 1. The van der Waals surface area contributed by atoms with Crippen LogP contribution in [0.25, 0.3) is 0 Å². The largest absolute Gasteiger partial charge is 0.497 e. The molecular weight excluding hydrogens is 455 g/mol. The SMILES string of the molecule is CCNC(=NCc1ccccc1)NCC(=O)NCc1ccc(OC)cc1.I. The highest BCUT2D eigenvalue weighted by Crippen LogP contribution is 2.10. The lowest BCUT2D eigenvalue weighted by Crippen LogP contribution is -2.43. The summed E-state index contributed by atoms with van der Waals surface area (Å²) in [4.78, 5) is 16.5. The molecule has 2 rings (SSSR count). The Balaban J connectivity index is 0.00000364. The summed E-state index contributed by atoms with van der Waals surface area (Å²) in [5.74, 6) is 1.33. The third kappa shape index (κ3) is 8.76. The van der Waals surface area contributed by atoms with Crippen LogP contribution >= 0.6 is 24.0 Å². The molecule has 1 amide bonds. The Bertz CT molecular complexity index is 706. The van der Waals surface area contributed by atoms with Crippen LogP contribution in [0.15, 0.2) is 59.6 Å². The molecule has 7 heteroatoms. The van der Waals surface area contributed by atoms with Crippen molar-refractivity contribution in [1.82, 2.24) is 16.0 Å². The standard InChI is InChI=1S/C20H26N4O2.HI/c1-3-21-20(23-14-16-7-5-4-6-8-16)24-15-19(25)22-13-17-9-11-18(26-2)12-10-17;/h4-12H,3,13-15H2,1-2H3,(H,22,25)(H2,21,23,24);1H. The van der Waals surface area contributed by atoms with Gasteiger partial charge in [0, 0.05) is 13.1 Å². The van der Waals surface area contributed by atoms with Crippen molar-refractivity contribution in [1.29, 1.82) is 0 Å². The molecule has 0 aliphatic heterocycles. The van der Waals surface area contributed by atoms with Gasteiger partial charge in [0.15, 0.2) is 5.96 Å². The topological polar surface area (TPSA) is 74.8 Å². The number of amides is 1. The van der Waals surface area contributed by atoms with Crippen molar-refractivity contribution in [3.63, 3.8) is 0 Å². The first-order valence-electron chi connectivity index (χ1n) is 8.67. The Hall–Kier alpha value is -2.29. The van der Waals surface area contributed by atoms with E-state index in [2.05, 4.69) is 20.9 Å². The van der Waals surface area contributed by atoms with E-state index in [1.54, 1.807) is 7.11 Å². The highest BCUT2D eigenvalue weighted by atomic mass is 127. The van der Waals surface area contributed by atoms with Gasteiger partial charge in [-0.05, 0) is 30.2 Å². The molecule has 27 heavy (non-hydrogen) atoms. The van der Waals surface area contributed by atoms with Gasteiger partial charge < -0.3 is 20.7 Å². The fourth-order valence-corrected chi connectivity index (χ4v) is 2.27. The number of methoxy groups -OCH3 is 1. The van der Waals surface area contributed by atoms with E-state index in [1.165, 1.54) is 0 Å². The van der Waals surface area contributed by atoms with Crippen molar-refractivity contribution in [3.8, 4) is 5.75 Å². The minimum absolute atomic E-state index is 0. The van der Waals surface area contributed by atoms with Crippen LogP contribution in [0, 0.1) is 0 Å². The fourth-order valence-electron chi connectivity index (χ4n) is 2.27. The zero-order chi connectivity index (χ0) is 18.6. The molecule has 0 atom stereocenters. The lowest BCUT2D eigenvalue weighted by Gasteiger charge is -2.12. The molecule has 0 unspecified atom stereocenters. The number of rotatable bonds is 8. The summed E-state index contributed by atoms with van der Waals surface area (Å²) in [6.07, 6.45) is 0. The first kappa shape index (κ1) is 22.8. The summed E-state index contributed by atoms with van der Waals surface area (Å²) in [7, 11) is 1.63. The van der Waals surface area contributed by atoms with Gasteiger partial charge in [-0.1, -0.05) is 42.5 Å². The number of hydrogen-bond acceptors (Lipinski definition) is 3. The lowest BCUT2D eigenvalue weighted by atomic mass is 10.2. The van der Waals surface area contributed by atoms with Crippen LogP contribution in [-0.2, 0) is 17.9 Å². The molecule has 3 N–H and O–H groups in total. The lowest BCUT2D eigenvalue weighted by molar-refractivity contribution is -0.120. The Labute approximate surface area is 177 Å². The van der Waals surface area contributed by atoms with Gasteiger partial charge in [0.05, 0.1) is 20.2 Å². The number of carbonyl (C=O) groups is 1. The second-order valence-electron chi connectivity index (χ2n) is 5.66. The number of carbonyl (C=O) groups excluding carboxylic acids is 1. The third-order valence-corrected chi connectivity index (χ3v) is 3.67. The molecule has 0 saturated heterocycles. The molecule has 0 spiro atoms. The highest BCUT2D eigenvalue weighted by Gasteiger charge is 2.04. The second-order valence-corrected chi connectivity index (χ2v) is 5.66. The number of hydrogen-bond donors (Lipinski definition) is 3. The van der Waals surface area contributed by atoms with Gasteiger partial charge in [-0.3, -0.25) is 4.79 Å². The van der Waals surface area contributed by atoms with Crippen molar-refractivity contribution in [3.05, 3.63) is 65.7 Å². The van der Waals surface area contributed by atoms with E-state index in [4.69, 9.17) is 4.74 Å². The molecule has 0 bridgehead atoms. The van der Waals surface area contributed by atoms with Crippen LogP contribution in [0.4, 0.5) is 0 Å². The third-order valence-electron chi connectivity index (χ3n) is 3.67. The number of halogens is 1. The average molecular weight is 482 g/mol. The Morgan fingerprint density at radius 1 is 0.963 bits per heavy atom. The van der Waals surface area contributed by atoms with Gasteiger partial charge in [0.25, 0.3) is 0 Å². The first-order chi connectivity index (χ1) is 12.7. The first-order valence-corrected chi connectivity index (χ1v) is 8.67. The minimum atomic E-state index is -0.0915. The number of nitrogens with zero attached hydrogens (tertiary/aromatic N) is 1. The minimum Gasteiger partial charge on any atom is -0.497 e. The molecule has 0 heterocycles. The maximum absolute atomic E-state index is 12.0. The maximum Gasteiger partial charge on any atom is 0.239 e. The summed E-state index contributed by atoms with van der Waals surface area (Å²) in [5, 5.41) is 9.07. The van der Waals surface area contributed by atoms with E-state index in [-0.39, 0.29) is 36.4 Å². The molecule has 0 fully saturated rings. The average Bonchev–Trinajstić information content (AvgIpc) is 2.69. The summed E-state index contributed by atoms with van der Waals surface area (Å²) in [6.45, 7) is 3.92. The van der Waals surface area contributed by atoms with Gasteiger partial charge in [0.1, 0.15) is 5.75 Å². The van der Waals surface area contributed by atoms with Crippen molar-refractivity contribution < 1.29 is 9.53 Å². The van der Waals surface area contributed by atoms with Gasteiger partial charge in [-0.25, -0.2) is 4.99 Å². The van der Waals surface area contributed by atoms with Crippen LogP contribution in [0.2, 0.25) is 0 Å². The van der Waals surface area contributed by atoms with E-state index in [0.29, 0.717) is 19.0 Å². The number of benzene rings is 2. The van der Waals surface area contributed by atoms with Gasteiger partial charge >= 0.3 is 0 Å². The van der Waals surface area contributed by atoms with E-state index in [1.807, 2.05) is 61.5 Å². The number of nitrogens with one attached hydrogen (secondary N) is 3. The summed E-state index contributed by atoms with van der Waals surface area (Å²) in [6, 6.07) is 17.6. The molecule has 6 nitrogen and oxygen atoms in total. The quantitative estimate of drug-likeness (QED) is 0.308. The zero-order valence-electron chi connectivity index (χ0n) is 15.7. The predicted octanol–water partition coefficient (Wildman–Crippen LogP) is 2.68. The molecule has 0 radical (unpaired) electrons. The highest BCUT2D eigenvalue weighted by molar-refractivity contribution is 14.0. The van der Waals surface area contributed by atoms with E-state index in [0.717, 1.165) is 23.4 Å². The molecule has 2 aromatic rings. The van der Waals surface area contributed by atoms with E-state index >= 15 is 0 Å². The van der Waals surface area contributed by atoms with Gasteiger partial charge in [0.2, 0.25) is 5.91 Å². The summed E-state index contributed by atoms with van der Waals surface area (Å²) in [5.41, 5.74) is 2.14. The molecule has 0 saturated carbocycles. The number of ether oxygens (including phenoxy) is 1. The predicted molar refractivity (Wildman–Crippen MR) is 120 cm³/mol. The van der Waals surface area contributed by atoms with Crippen LogP contribution in [-0.4, -0.2) is 32.1 Å². The summed E-state index contributed by atoms with van der Waals surface area (Å²) >= 11 is 0. The van der Waals surface area contributed by atoms with E-state index in [9.17, 15) is 4.79 Å². The van der Waals surface area contributed by atoms with Crippen molar-refractivity contribution >= 4 is 35.8 Å². The molecule has 2 aromatic carbocycles. The van der Waals surface area contributed by atoms with Crippen molar-refractivity contribution in [2.24, 2.45) is 4.99 Å². The maximum atomic E-state index is 12.0. The Morgan fingerprint density at radius 2 is 1.67 bits per heavy atom. The monoisotopic (exact) mass is 482 g/mol. The molecule has 0 aromatic heterocycles. The van der Waals surface area contributed by atoms with Crippen LogP contribution in [0.5, 0.6) is 5.75 Å². The summed E-state index contributed by atoms with van der Waals surface area (Å²) < 4.78 is 5.12. The van der Waals surface area contributed by atoms with Crippen LogP contribution in [0.3, 0.4) is 0 Å². The number of aliphatic imine (C=N–C) groups is 1. The smallest absolute Gasteiger partial charge is 0.239 e. The fraction of sp³-hybridized carbons (Fsp3) is 0.300. The normalized spacial score (nSPS) is 10.5. The Kier molecular flexibility index (Phi) is 10.9. The zero-order valence-corrected chi connectivity index (χ0v) is 18.0. The molecule has 146 valence electrons. The second kappa shape index (κ2) is 13.0.